The molecule has 5 nitrogen and oxygen atoms in total. The lowest BCUT2D eigenvalue weighted by Crippen LogP contribution is -2.04. The first-order chi connectivity index (χ1) is 7.29. The molecule has 0 amide bonds. The van der Waals surface area contributed by atoms with Gasteiger partial charge in [0, 0.05) is 10.7 Å². The highest BCUT2D eigenvalue weighted by molar-refractivity contribution is 8.13. The molecule has 16 heavy (non-hydrogen) atoms. The molecule has 1 rings (SSSR count). The van der Waals surface area contributed by atoms with Crippen molar-refractivity contribution in [3.63, 3.8) is 0 Å². The van der Waals surface area contributed by atoms with Crippen LogP contribution < -0.4 is 0 Å². The van der Waals surface area contributed by atoms with Crippen molar-refractivity contribution in [2.24, 2.45) is 0 Å². The summed E-state index contributed by atoms with van der Waals surface area (Å²) in [7, 11) is 0.293. The van der Waals surface area contributed by atoms with Crippen molar-refractivity contribution in [3.8, 4) is 11.8 Å². The summed E-state index contributed by atoms with van der Waals surface area (Å²) in [5.74, 6) is -1.02. The summed E-state index contributed by atoms with van der Waals surface area (Å²) >= 11 is 0. The average molecular weight is 269 g/mol. The smallest absolute Gasteiger partial charge is 0.268 e. The summed E-state index contributed by atoms with van der Waals surface area (Å²) in [6.45, 7) is 0. The van der Waals surface area contributed by atoms with Crippen molar-refractivity contribution >= 4 is 19.7 Å². The van der Waals surface area contributed by atoms with Gasteiger partial charge in [-0.2, -0.15) is 5.26 Å². The Labute approximate surface area is 93.3 Å². The van der Waals surface area contributed by atoms with Crippen LogP contribution in [-0.2, 0) is 9.05 Å². The molecule has 86 valence electrons. The van der Waals surface area contributed by atoms with E-state index < -0.39 is 37.4 Å². The van der Waals surface area contributed by atoms with Crippen LogP contribution in [-0.4, -0.2) is 18.5 Å². The van der Waals surface area contributed by atoms with E-state index in [9.17, 15) is 17.2 Å². The van der Waals surface area contributed by atoms with Crippen LogP contribution in [0.1, 0.15) is 17.7 Å². The third kappa shape index (κ3) is 2.20. The lowest BCUT2D eigenvalue weighted by molar-refractivity contribution is 0.146. The van der Waals surface area contributed by atoms with Crippen molar-refractivity contribution in [3.05, 3.63) is 17.5 Å². The van der Waals surface area contributed by atoms with E-state index in [4.69, 9.17) is 21.1 Å². The van der Waals surface area contributed by atoms with E-state index in [1.54, 1.807) is 0 Å². The Kier molecular flexibility index (Phi) is 3.30. The number of aromatic hydroxyl groups is 1. The monoisotopic (exact) mass is 268 g/mol. The fourth-order valence-corrected chi connectivity index (χ4v) is 2.28. The molecule has 1 aromatic rings. The van der Waals surface area contributed by atoms with Crippen LogP contribution in [0.5, 0.6) is 5.75 Å². The first-order valence-corrected chi connectivity index (χ1v) is 5.94. The first kappa shape index (κ1) is 12.6. The molecular weight excluding hydrogens is 266 g/mol. The van der Waals surface area contributed by atoms with Crippen molar-refractivity contribution in [2.75, 3.05) is 0 Å². The van der Waals surface area contributed by atoms with E-state index in [-0.39, 0.29) is 0 Å². The standard InChI is InChI=1S/C7H3ClF2N2O3S/c8-16(14,15)6-4(13)2-12-3(1-11)5(6)7(9)10/h2,7,13H. The third-order valence-corrected chi connectivity index (χ3v) is 3.00. The van der Waals surface area contributed by atoms with Crippen LogP contribution in [0.2, 0.25) is 0 Å². The van der Waals surface area contributed by atoms with Gasteiger partial charge < -0.3 is 5.11 Å². The first-order valence-electron chi connectivity index (χ1n) is 3.63. The van der Waals surface area contributed by atoms with Crippen LogP contribution in [0.4, 0.5) is 8.78 Å². The van der Waals surface area contributed by atoms with Gasteiger partial charge in [0.25, 0.3) is 15.5 Å². The highest BCUT2D eigenvalue weighted by Crippen LogP contribution is 2.36. The van der Waals surface area contributed by atoms with Gasteiger partial charge in [-0.15, -0.1) is 0 Å². The number of aromatic nitrogens is 1. The molecule has 0 radical (unpaired) electrons. The molecule has 1 N–H and O–H groups in total. The molecule has 0 aliphatic carbocycles. The quantitative estimate of drug-likeness (QED) is 0.821. The molecular formula is C7H3ClF2N2O3S. The lowest BCUT2D eigenvalue weighted by Gasteiger charge is -2.08. The van der Waals surface area contributed by atoms with Crippen molar-refractivity contribution in [2.45, 2.75) is 11.3 Å². The predicted molar refractivity (Wildman–Crippen MR) is 48.6 cm³/mol. The molecule has 0 spiro atoms. The van der Waals surface area contributed by atoms with Gasteiger partial charge in [-0.05, 0) is 0 Å². The van der Waals surface area contributed by atoms with Crippen LogP contribution in [0.15, 0.2) is 11.1 Å². The Bertz CT molecular complexity index is 568. The van der Waals surface area contributed by atoms with Gasteiger partial charge in [0.2, 0.25) is 0 Å². The number of halogens is 3. The Morgan fingerprint density at radius 2 is 2.12 bits per heavy atom. The fourth-order valence-electron chi connectivity index (χ4n) is 1.05. The van der Waals surface area contributed by atoms with Crippen molar-refractivity contribution in [1.82, 2.24) is 4.98 Å². The minimum Gasteiger partial charge on any atom is -0.505 e. The molecule has 0 saturated carbocycles. The van der Waals surface area contributed by atoms with E-state index in [0.29, 0.717) is 6.20 Å². The average Bonchev–Trinajstić information content (AvgIpc) is 2.15. The second kappa shape index (κ2) is 4.19. The van der Waals surface area contributed by atoms with Crippen LogP contribution >= 0.6 is 10.7 Å². The summed E-state index contributed by atoms with van der Waals surface area (Å²) in [4.78, 5) is 1.99. The van der Waals surface area contributed by atoms with Gasteiger partial charge in [0.15, 0.2) is 11.4 Å². The van der Waals surface area contributed by atoms with Gasteiger partial charge in [0.1, 0.15) is 11.0 Å². The molecule has 0 aliphatic rings. The fraction of sp³-hybridized carbons (Fsp3) is 0.143. The second-order valence-corrected chi connectivity index (χ2v) is 5.09. The summed E-state index contributed by atoms with van der Waals surface area (Å²) in [5, 5.41) is 17.6. The van der Waals surface area contributed by atoms with Gasteiger partial charge in [-0.3, -0.25) is 0 Å². The van der Waals surface area contributed by atoms with Gasteiger partial charge in [0.05, 0.1) is 11.8 Å². The van der Waals surface area contributed by atoms with Crippen molar-refractivity contribution in [1.29, 1.82) is 5.26 Å². The van der Waals surface area contributed by atoms with Crippen LogP contribution in [0, 0.1) is 11.3 Å². The number of hydrogen-bond acceptors (Lipinski definition) is 5. The Morgan fingerprint density at radius 1 is 1.56 bits per heavy atom. The molecule has 0 fully saturated rings. The maximum Gasteiger partial charge on any atom is 0.268 e. The minimum atomic E-state index is -4.59. The molecule has 9 heteroatoms. The molecule has 0 aliphatic heterocycles. The summed E-state index contributed by atoms with van der Waals surface area (Å²) in [6.07, 6.45) is -2.72. The number of pyridine rings is 1. The summed E-state index contributed by atoms with van der Waals surface area (Å²) < 4.78 is 47.1. The second-order valence-electron chi connectivity index (χ2n) is 2.59. The number of alkyl halides is 2. The number of hydrogen-bond donors (Lipinski definition) is 1. The van der Waals surface area contributed by atoms with E-state index in [2.05, 4.69) is 4.98 Å². The minimum absolute atomic E-state index is 0.569. The lowest BCUT2D eigenvalue weighted by atomic mass is 10.2. The number of nitriles is 1. The van der Waals surface area contributed by atoms with Crippen LogP contribution in [0.3, 0.4) is 0 Å². The van der Waals surface area contributed by atoms with Gasteiger partial charge in [-0.1, -0.05) is 0 Å². The molecule has 0 atom stereocenters. The molecule has 0 bridgehead atoms. The Hall–Kier alpha value is -1.46. The molecule has 1 aromatic heterocycles. The molecule has 0 saturated heterocycles. The summed E-state index contributed by atoms with van der Waals surface area (Å²) in [5.41, 5.74) is -2.00. The third-order valence-electron chi connectivity index (χ3n) is 1.62. The zero-order valence-corrected chi connectivity index (χ0v) is 8.93. The normalized spacial score (nSPS) is 11.4. The largest absolute Gasteiger partial charge is 0.505 e. The summed E-state index contributed by atoms with van der Waals surface area (Å²) in [6, 6.07) is 1.29. The van der Waals surface area contributed by atoms with Gasteiger partial charge >= 0.3 is 0 Å². The zero-order valence-electron chi connectivity index (χ0n) is 7.35. The number of nitrogens with zero attached hydrogens (tertiary/aromatic N) is 2. The van der Waals surface area contributed by atoms with E-state index in [0.717, 1.165) is 0 Å². The SMILES string of the molecule is N#Cc1ncc(O)c(S(=O)(=O)Cl)c1C(F)F. The topological polar surface area (TPSA) is 91.0 Å². The Morgan fingerprint density at radius 3 is 2.50 bits per heavy atom. The van der Waals surface area contributed by atoms with Crippen molar-refractivity contribution < 1.29 is 22.3 Å². The highest BCUT2D eigenvalue weighted by atomic mass is 35.7. The molecule has 1 heterocycles. The van der Waals surface area contributed by atoms with E-state index in [1.165, 1.54) is 6.07 Å². The molecule has 0 unspecified atom stereocenters. The van der Waals surface area contributed by atoms with E-state index in [1.807, 2.05) is 0 Å². The maximum absolute atomic E-state index is 12.6. The Balaban J connectivity index is 3.78. The maximum atomic E-state index is 12.6. The highest BCUT2D eigenvalue weighted by Gasteiger charge is 2.29. The van der Waals surface area contributed by atoms with Crippen LogP contribution in [0.25, 0.3) is 0 Å². The van der Waals surface area contributed by atoms with E-state index >= 15 is 0 Å². The predicted octanol–water partition coefficient (Wildman–Crippen LogP) is 1.52. The van der Waals surface area contributed by atoms with Gasteiger partial charge in [-0.25, -0.2) is 22.2 Å². The number of rotatable bonds is 2. The molecule has 0 aromatic carbocycles. The zero-order chi connectivity index (χ0) is 12.5.